The van der Waals surface area contributed by atoms with E-state index in [1.54, 1.807) is 20.8 Å². The highest BCUT2D eigenvalue weighted by Gasteiger charge is 2.38. The molecule has 0 aromatic heterocycles. The molecule has 2 aromatic carbocycles. The van der Waals surface area contributed by atoms with Gasteiger partial charge in [0.25, 0.3) is 0 Å². The molecule has 1 aliphatic rings. The van der Waals surface area contributed by atoms with E-state index >= 15 is 0 Å². The van der Waals surface area contributed by atoms with E-state index in [2.05, 4.69) is 10.6 Å². The van der Waals surface area contributed by atoms with Crippen molar-refractivity contribution in [1.29, 1.82) is 0 Å². The number of carboxylic acid groups (broad SMARTS) is 1. The highest BCUT2D eigenvalue weighted by atomic mass is 16.6. The van der Waals surface area contributed by atoms with Crippen molar-refractivity contribution in [3.05, 3.63) is 71.8 Å². The van der Waals surface area contributed by atoms with E-state index in [0.717, 1.165) is 11.1 Å². The fraction of sp³-hybridized carbons (Fsp3) is 0.429. The maximum absolute atomic E-state index is 13.5. The van der Waals surface area contributed by atoms with Crippen LogP contribution in [0.1, 0.15) is 44.7 Å². The van der Waals surface area contributed by atoms with Gasteiger partial charge in [-0.3, -0.25) is 9.59 Å². The minimum atomic E-state index is -1.07. The number of hydrogen-bond acceptors (Lipinski definition) is 5. The SMILES string of the molecule is CC(C)(C)OC(=O)N[C@H](Cc1ccccc1)C(=O)N[C@H](Cc1ccccc1)C(=O)N1CCC[C@@H]1C(=O)O. The lowest BCUT2D eigenvalue weighted by molar-refractivity contribution is -0.149. The molecule has 0 unspecified atom stereocenters. The number of nitrogens with zero attached hydrogens (tertiary/aromatic N) is 1. The standard InChI is InChI=1S/C28H35N3O6/c1-28(2,3)37-27(36)30-21(17-19-11-6-4-7-12-19)24(32)29-22(18-20-13-8-5-9-14-20)25(33)31-16-10-15-23(31)26(34)35/h4-9,11-14,21-23H,10,15-18H2,1-3H3,(H,29,32)(H,30,36)(H,34,35)/t21-,22-,23-/m1/s1. The highest BCUT2D eigenvalue weighted by Crippen LogP contribution is 2.20. The molecule has 1 saturated heterocycles. The van der Waals surface area contributed by atoms with Gasteiger partial charge in [-0.25, -0.2) is 9.59 Å². The Kier molecular flexibility index (Phi) is 9.27. The van der Waals surface area contributed by atoms with Crippen molar-refractivity contribution >= 4 is 23.9 Å². The number of benzene rings is 2. The molecular weight excluding hydrogens is 474 g/mol. The van der Waals surface area contributed by atoms with Crippen LogP contribution in [-0.2, 0) is 32.0 Å². The van der Waals surface area contributed by atoms with Crippen LogP contribution in [0.3, 0.4) is 0 Å². The fourth-order valence-corrected chi connectivity index (χ4v) is 4.32. The van der Waals surface area contributed by atoms with Crippen molar-refractivity contribution in [2.75, 3.05) is 6.54 Å². The predicted octanol–water partition coefficient (Wildman–Crippen LogP) is 2.93. The molecule has 3 N–H and O–H groups in total. The van der Waals surface area contributed by atoms with Crippen LogP contribution >= 0.6 is 0 Å². The molecule has 9 nitrogen and oxygen atoms in total. The molecule has 3 rings (SSSR count). The summed E-state index contributed by atoms with van der Waals surface area (Å²) in [6.07, 6.45) is 0.549. The molecule has 2 aromatic rings. The van der Waals surface area contributed by atoms with Gasteiger partial charge in [-0.1, -0.05) is 60.7 Å². The smallest absolute Gasteiger partial charge is 0.408 e. The first-order valence-corrected chi connectivity index (χ1v) is 12.4. The molecule has 37 heavy (non-hydrogen) atoms. The van der Waals surface area contributed by atoms with Crippen molar-refractivity contribution < 1.29 is 29.0 Å². The lowest BCUT2D eigenvalue weighted by Crippen LogP contribution is -2.57. The molecule has 3 atom stereocenters. The minimum absolute atomic E-state index is 0.179. The minimum Gasteiger partial charge on any atom is -0.480 e. The molecule has 1 aliphatic heterocycles. The van der Waals surface area contributed by atoms with Gasteiger partial charge in [0.2, 0.25) is 11.8 Å². The molecule has 0 spiro atoms. The van der Waals surface area contributed by atoms with Crippen molar-refractivity contribution in [3.63, 3.8) is 0 Å². The second-order valence-electron chi connectivity index (χ2n) is 10.2. The summed E-state index contributed by atoms with van der Waals surface area (Å²) in [5.74, 6) is -2.09. The Labute approximate surface area is 217 Å². The van der Waals surface area contributed by atoms with Crippen molar-refractivity contribution in [2.24, 2.45) is 0 Å². The largest absolute Gasteiger partial charge is 0.480 e. The van der Waals surface area contributed by atoms with Crippen LogP contribution in [0, 0.1) is 0 Å². The maximum Gasteiger partial charge on any atom is 0.408 e. The topological polar surface area (TPSA) is 125 Å². The van der Waals surface area contributed by atoms with E-state index in [1.165, 1.54) is 4.90 Å². The summed E-state index contributed by atoms with van der Waals surface area (Å²) >= 11 is 0. The number of rotatable bonds is 9. The highest BCUT2D eigenvalue weighted by molar-refractivity contribution is 5.93. The Balaban J connectivity index is 1.84. The molecule has 0 aliphatic carbocycles. The van der Waals surface area contributed by atoms with Gasteiger partial charge in [-0.2, -0.15) is 0 Å². The number of aliphatic carboxylic acids is 1. The number of hydrogen-bond donors (Lipinski definition) is 3. The Hall–Kier alpha value is -3.88. The number of nitrogens with one attached hydrogen (secondary N) is 2. The monoisotopic (exact) mass is 509 g/mol. The van der Waals surface area contributed by atoms with Gasteiger partial charge in [0.1, 0.15) is 23.7 Å². The zero-order chi connectivity index (χ0) is 27.0. The number of carbonyl (C=O) groups is 4. The lowest BCUT2D eigenvalue weighted by Gasteiger charge is -2.29. The summed E-state index contributed by atoms with van der Waals surface area (Å²) in [5.41, 5.74) is 0.868. The van der Waals surface area contributed by atoms with Crippen LogP contribution in [0.2, 0.25) is 0 Å². The van der Waals surface area contributed by atoms with E-state index in [9.17, 15) is 24.3 Å². The summed E-state index contributed by atoms with van der Waals surface area (Å²) in [5, 5.41) is 15.0. The average Bonchev–Trinajstić information content (AvgIpc) is 3.33. The third-order valence-corrected chi connectivity index (χ3v) is 6.01. The molecule has 9 heteroatoms. The van der Waals surface area contributed by atoms with Gasteiger partial charge in [-0.15, -0.1) is 0 Å². The number of amides is 3. The van der Waals surface area contributed by atoms with Crippen LogP contribution in [0.4, 0.5) is 4.79 Å². The molecule has 3 amide bonds. The number of alkyl carbamates (subject to hydrolysis) is 1. The van der Waals surface area contributed by atoms with Gasteiger partial charge < -0.3 is 25.4 Å². The van der Waals surface area contributed by atoms with E-state index < -0.39 is 47.6 Å². The lowest BCUT2D eigenvalue weighted by atomic mass is 10.0. The van der Waals surface area contributed by atoms with Crippen LogP contribution in [-0.4, -0.2) is 64.2 Å². The summed E-state index contributed by atoms with van der Waals surface area (Å²) < 4.78 is 5.36. The van der Waals surface area contributed by atoms with Gasteiger partial charge in [-0.05, 0) is 44.7 Å². The zero-order valence-corrected chi connectivity index (χ0v) is 21.5. The Morgan fingerprint density at radius 1 is 0.919 bits per heavy atom. The third kappa shape index (κ3) is 8.34. The van der Waals surface area contributed by atoms with Gasteiger partial charge >= 0.3 is 12.1 Å². The first-order valence-electron chi connectivity index (χ1n) is 12.4. The van der Waals surface area contributed by atoms with Crippen LogP contribution < -0.4 is 10.6 Å². The number of likely N-dealkylation sites (tertiary alicyclic amines) is 1. The first kappa shape index (κ1) is 27.7. The van der Waals surface area contributed by atoms with Crippen LogP contribution in [0.25, 0.3) is 0 Å². The molecular formula is C28H35N3O6. The van der Waals surface area contributed by atoms with E-state index in [0.29, 0.717) is 19.4 Å². The van der Waals surface area contributed by atoms with Crippen molar-refractivity contribution in [3.8, 4) is 0 Å². The molecule has 0 radical (unpaired) electrons. The second-order valence-corrected chi connectivity index (χ2v) is 10.2. The van der Waals surface area contributed by atoms with Crippen LogP contribution in [0.5, 0.6) is 0 Å². The number of carbonyl (C=O) groups excluding carboxylic acids is 3. The summed E-state index contributed by atoms with van der Waals surface area (Å²) in [4.78, 5) is 52.6. The summed E-state index contributed by atoms with van der Waals surface area (Å²) in [6.45, 7) is 5.48. The van der Waals surface area contributed by atoms with Gasteiger partial charge in [0.05, 0.1) is 0 Å². The first-order chi connectivity index (χ1) is 17.5. The quantitative estimate of drug-likeness (QED) is 0.477. The fourth-order valence-electron chi connectivity index (χ4n) is 4.32. The molecule has 1 heterocycles. The zero-order valence-electron chi connectivity index (χ0n) is 21.5. The molecule has 0 saturated carbocycles. The van der Waals surface area contributed by atoms with E-state index in [4.69, 9.17) is 4.74 Å². The van der Waals surface area contributed by atoms with Crippen LogP contribution in [0.15, 0.2) is 60.7 Å². The summed E-state index contributed by atoms with van der Waals surface area (Å²) in [6, 6.07) is 15.4. The van der Waals surface area contributed by atoms with Crippen molar-refractivity contribution in [1.82, 2.24) is 15.5 Å². The summed E-state index contributed by atoms with van der Waals surface area (Å²) in [7, 11) is 0. The van der Waals surface area contributed by atoms with Gasteiger partial charge in [0, 0.05) is 19.4 Å². The Morgan fingerprint density at radius 3 is 1.97 bits per heavy atom. The number of ether oxygens (including phenoxy) is 1. The van der Waals surface area contributed by atoms with Crippen molar-refractivity contribution in [2.45, 2.75) is 70.2 Å². The normalized spacial score (nSPS) is 16.9. The average molecular weight is 510 g/mol. The van der Waals surface area contributed by atoms with Gasteiger partial charge in [0.15, 0.2) is 0 Å². The molecule has 0 bridgehead atoms. The van der Waals surface area contributed by atoms with E-state index in [1.807, 2.05) is 60.7 Å². The predicted molar refractivity (Wildman–Crippen MR) is 138 cm³/mol. The Bertz CT molecular complexity index is 1080. The second kappa shape index (κ2) is 12.4. The van der Waals surface area contributed by atoms with E-state index in [-0.39, 0.29) is 12.8 Å². The third-order valence-electron chi connectivity index (χ3n) is 6.01. The maximum atomic E-state index is 13.5. The number of carboxylic acids is 1. The molecule has 198 valence electrons. The Morgan fingerprint density at radius 2 is 1.46 bits per heavy atom. The molecule has 1 fully saturated rings.